The van der Waals surface area contributed by atoms with Crippen LogP contribution in [-0.2, 0) is 41.5 Å². The summed E-state index contributed by atoms with van der Waals surface area (Å²) in [6.07, 6.45) is -1.87. The van der Waals surface area contributed by atoms with Crippen LogP contribution in [0.25, 0.3) is 43.2 Å². The molecule has 21 heteroatoms. The number of nitrogens with zero attached hydrogens (tertiary/aromatic N) is 6. The number of piperazine rings is 1. The number of halogens is 2. The first-order valence-corrected chi connectivity index (χ1v) is 26.6. The molecule has 7 atom stereocenters. The lowest BCUT2D eigenvalue weighted by Crippen LogP contribution is -2.61. The highest BCUT2D eigenvalue weighted by Crippen LogP contribution is 2.50. The molecule has 2 saturated heterocycles. The van der Waals surface area contributed by atoms with E-state index in [4.69, 9.17) is 64.0 Å². The number of carboxylic acid groups (broad SMARTS) is 1. The zero-order chi connectivity index (χ0) is 54.5. The summed E-state index contributed by atoms with van der Waals surface area (Å²) in [5.41, 5.74) is 4.49. The van der Waals surface area contributed by atoms with Crippen molar-refractivity contribution >= 4 is 39.1 Å². The Labute approximate surface area is 459 Å². The Morgan fingerprint density at radius 3 is 2.41 bits per heavy atom. The lowest BCUT2D eigenvalue weighted by Gasteiger charge is -2.44. The molecule has 0 saturated carbocycles. The summed E-state index contributed by atoms with van der Waals surface area (Å²) in [6.45, 7) is 6.22. The van der Waals surface area contributed by atoms with Gasteiger partial charge in [0.1, 0.15) is 90.3 Å². The Morgan fingerprint density at radius 2 is 1.65 bits per heavy atom. The summed E-state index contributed by atoms with van der Waals surface area (Å²) in [7, 11) is 8.38. The SMILES string of the molecule is CO[C@H]1O[C@H](COc2cccc(-c3nccc(COc4ccc5cc4C[C@H](C(=O)O)Oc4ncnc6sc(-c7ccc(F)cc7)c(c46)-c4ccc(c(Cl)c4C)OC(CN4CCN(C)CC4)CO5)n3)c2)[C@@H](OC)[C@H](OC)[C@@H]1OC. The number of methoxy groups -OCH3 is 4. The number of aromatic nitrogens is 4. The maximum atomic E-state index is 14.4. The summed E-state index contributed by atoms with van der Waals surface area (Å²) in [6, 6.07) is 24.3. The molecule has 0 amide bonds. The van der Waals surface area contributed by atoms with Gasteiger partial charge in [0.05, 0.1) is 16.1 Å². The van der Waals surface area contributed by atoms with Crippen LogP contribution in [0.4, 0.5) is 4.39 Å². The van der Waals surface area contributed by atoms with Gasteiger partial charge in [0.15, 0.2) is 12.1 Å². The van der Waals surface area contributed by atoms with E-state index in [1.165, 1.54) is 29.8 Å². The molecule has 7 aromatic rings. The minimum absolute atomic E-state index is 0.00599. The van der Waals surface area contributed by atoms with Crippen LogP contribution in [0.15, 0.2) is 97.5 Å². The Morgan fingerprint density at radius 1 is 0.859 bits per heavy atom. The van der Waals surface area contributed by atoms with E-state index in [1.54, 1.807) is 71.0 Å². The van der Waals surface area contributed by atoms with Gasteiger partial charge in [0.2, 0.25) is 12.0 Å². The second-order valence-corrected chi connectivity index (χ2v) is 20.6. The Bertz CT molecular complexity index is 3220. The third-order valence-corrected chi connectivity index (χ3v) is 15.8. The van der Waals surface area contributed by atoms with Crippen molar-refractivity contribution in [2.75, 3.05) is 81.4 Å². The molecule has 4 bridgehead atoms. The van der Waals surface area contributed by atoms with E-state index in [2.05, 4.69) is 31.8 Å². The van der Waals surface area contributed by atoms with Crippen LogP contribution in [-0.4, -0.2) is 165 Å². The quantitative estimate of drug-likeness (QED) is 0.103. The van der Waals surface area contributed by atoms with Crippen molar-refractivity contribution < 1.29 is 61.7 Å². The number of fused-ring (bicyclic) bond motifs is 7. The van der Waals surface area contributed by atoms with Crippen LogP contribution in [0.3, 0.4) is 0 Å². The Balaban J connectivity index is 0.953. The molecule has 11 rings (SSSR count). The minimum atomic E-state index is -1.48. The van der Waals surface area contributed by atoms with Gasteiger partial charge in [-0.05, 0) is 85.3 Å². The van der Waals surface area contributed by atoms with Gasteiger partial charge in [-0.25, -0.2) is 29.1 Å². The average Bonchev–Trinajstić information content (AvgIpc) is 4.09. The number of likely N-dealkylation sites (N-methyl/N-ethyl adjacent to an activating group) is 1. The van der Waals surface area contributed by atoms with Crippen LogP contribution >= 0.6 is 22.9 Å². The van der Waals surface area contributed by atoms with Crippen molar-refractivity contribution in [2.45, 2.75) is 62.9 Å². The number of benzene rings is 4. The number of carbonyl (C=O) groups is 1. The van der Waals surface area contributed by atoms with E-state index in [0.29, 0.717) is 89.7 Å². The van der Waals surface area contributed by atoms with Crippen molar-refractivity contribution in [1.82, 2.24) is 29.7 Å². The normalized spacial score (nSPS) is 22.0. The number of aliphatic carboxylic acids is 1. The molecule has 7 heterocycles. The van der Waals surface area contributed by atoms with Gasteiger partial charge < -0.3 is 57.4 Å². The summed E-state index contributed by atoms with van der Waals surface area (Å²) in [4.78, 5) is 37.9. The lowest BCUT2D eigenvalue weighted by molar-refractivity contribution is -0.305. The number of rotatable bonds is 15. The van der Waals surface area contributed by atoms with Gasteiger partial charge in [0.25, 0.3) is 0 Å². The first kappa shape index (κ1) is 54.8. The first-order valence-electron chi connectivity index (χ1n) is 25.4. The number of hydrogen-bond acceptors (Lipinski definition) is 18. The summed E-state index contributed by atoms with van der Waals surface area (Å²) < 4.78 is 75.9. The van der Waals surface area contributed by atoms with E-state index >= 15 is 0 Å². The zero-order valence-corrected chi connectivity index (χ0v) is 45.5. The van der Waals surface area contributed by atoms with Crippen LogP contribution in [0.1, 0.15) is 16.8 Å². The maximum Gasteiger partial charge on any atom is 0.345 e. The average molecular weight is 1110 g/mol. The molecule has 18 nitrogen and oxygen atoms in total. The van der Waals surface area contributed by atoms with Crippen molar-refractivity contribution in [1.29, 1.82) is 0 Å². The standard InChI is InChI=1S/C57H60ClFN6O12S/c1-32-41-15-17-43(48(32)58)75-40(27-65-22-20-64(2)21-23-65)29-72-39-14-16-42(35(25-39)26-44(56(66)67)76-54-47-46(41)52(78-55(47)62-31-61-54)33-10-12-36(59)13-11-33)74-28-37-18-19-60-53(63-37)34-8-7-9-38(24-34)73-30-45-49(68-3)50(69-4)51(70-5)57(71-6)77-45/h7-19,24-25,31,40,44-45,49-51,57H,20-23,26-30H2,1-6H3,(H,66,67)/t40?,44-,45-,49-,50+,51+,57+/m1/s1. The molecule has 1 N–H and O–H groups in total. The molecule has 4 aliphatic rings. The molecular weight excluding hydrogens is 1050 g/mol. The van der Waals surface area contributed by atoms with Gasteiger partial charge in [-0.3, -0.25) is 4.90 Å². The molecule has 4 aliphatic heterocycles. The molecule has 4 aromatic carbocycles. The van der Waals surface area contributed by atoms with Crippen molar-refractivity contribution in [2.24, 2.45) is 0 Å². The van der Waals surface area contributed by atoms with E-state index in [1.807, 2.05) is 43.3 Å². The smallest absolute Gasteiger partial charge is 0.345 e. The van der Waals surface area contributed by atoms with Gasteiger partial charge in [0, 0.05) is 95.3 Å². The third kappa shape index (κ3) is 12.0. The number of thiophene rings is 1. The zero-order valence-electron chi connectivity index (χ0n) is 43.9. The number of ether oxygens (including phenoxy) is 10. The Kier molecular flexibility index (Phi) is 17.3. The van der Waals surface area contributed by atoms with E-state index in [9.17, 15) is 14.3 Å². The molecule has 78 heavy (non-hydrogen) atoms. The maximum absolute atomic E-state index is 14.4. The molecule has 2 fully saturated rings. The predicted molar refractivity (Wildman–Crippen MR) is 289 cm³/mol. The topological polar surface area (TPSA) is 188 Å². The molecular formula is C57H60ClFN6O12S. The summed E-state index contributed by atoms with van der Waals surface area (Å²) in [5, 5.41) is 11.8. The van der Waals surface area contributed by atoms with Crippen molar-refractivity contribution in [3.63, 3.8) is 0 Å². The summed E-state index contributed by atoms with van der Waals surface area (Å²) in [5.74, 6) is 0.677. The largest absolute Gasteiger partial charge is 0.491 e. The highest BCUT2D eigenvalue weighted by Gasteiger charge is 2.47. The molecule has 410 valence electrons. The molecule has 0 spiro atoms. The fourth-order valence-corrected chi connectivity index (χ4v) is 11.4. The van der Waals surface area contributed by atoms with Gasteiger partial charge in [-0.1, -0.05) is 41.9 Å². The molecule has 3 aromatic heterocycles. The van der Waals surface area contributed by atoms with Crippen LogP contribution in [0, 0.1) is 12.7 Å². The van der Waals surface area contributed by atoms with E-state index in [0.717, 1.165) is 31.1 Å². The van der Waals surface area contributed by atoms with Crippen LogP contribution in [0.2, 0.25) is 5.02 Å². The molecule has 0 radical (unpaired) electrons. The highest BCUT2D eigenvalue weighted by atomic mass is 35.5. The monoisotopic (exact) mass is 1110 g/mol. The first-order chi connectivity index (χ1) is 37.9. The second kappa shape index (κ2) is 24.6. The van der Waals surface area contributed by atoms with Crippen molar-refractivity contribution in [3.05, 3.63) is 125 Å². The third-order valence-electron chi connectivity index (χ3n) is 14.2. The van der Waals surface area contributed by atoms with E-state index in [-0.39, 0.29) is 32.1 Å². The fourth-order valence-electron chi connectivity index (χ4n) is 10.0. The van der Waals surface area contributed by atoms with Crippen LogP contribution in [0.5, 0.6) is 28.9 Å². The number of hydrogen-bond donors (Lipinski definition) is 1. The van der Waals surface area contributed by atoms with Gasteiger partial charge in [-0.15, -0.1) is 11.3 Å². The lowest BCUT2D eigenvalue weighted by atomic mass is 9.96. The van der Waals surface area contributed by atoms with Crippen LogP contribution < -0.4 is 23.7 Å². The number of carboxylic acids is 1. The highest BCUT2D eigenvalue weighted by molar-refractivity contribution is 7.22. The second-order valence-electron chi connectivity index (χ2n) is 19.2. The van der Waals surface area contributed by atoms with E-state index < -0.39 is 54.7 Å². The molecule has 1 unspecified atom stereocenters. The fraction of sp³-hybridized carbons (Fsp3) is 0.386. The van der Waals surface area contributed by atoms with Gasteiger partial charge in [-0.2, -0.15) is 0 Å². The van der Waals surface area contributed by atoms with Gasteiger partial charge >= 0.3 is 5.97 Å². The van der Waals surface area contributed by atoms with Crippen molar-refractivity contribution in [3.8, 4) is 61.8 Å². The molecule has 0 aliphatic carbocycles. The predicted octanol–water partition coefficient (Wildman–Crippen LogP) is 8.42. The summed E-state index contributed by atoms with van der Waals surface area (Å²) >= 11 is 8.62. The Hall–Kier alpha value is -6.59. The minimum Gasteiger partial charge on any atom is -0.491 e.